The van der Waals surface area contributed by atoms with Crippen molar-refractivity contribution in [2.45, 2.75) is 18.1 Å². The summed E-state index contributed by atoms with van der Waals surface area (Å²) in [6.07, 6.45) is 0. The number of thiophene rings is 1. The van der Waals surface area contributed by atoms with Crippen LogP contribution in [0, 0.1) is 13.8 Å². The topological polar surface area (TPSA) is 101 Å². The number of hydrogen-bond donors (Lipinski definition) is 2. The first kappa shape index (κ1) is 18.3. The number of carbonyl (C=O) groups excluding carboxylic acids is 1. The van der Waals surface area contributed by atoms with Gasteiger partial charge in [0.2, 0.25) is 0 Å². The zero-order chi connectivity index (χ0) is 18.0. The van der Waals surface area contributed by atoms with Crippen molar-refractivity contribution in [3.8, 4) is 0 Å². The molecule has 25 heavy (non-hydrogen) atoms. The molecule has 3 rings (SSSR count). The maximum Gasteiger partial charge on any atom is 0.278 e. The largest absolute Gasteiger partial charge is 0.378 e. The summed E-state index contributed by atoms with van der Waals surface area (Å²) < 4.78 is 29.8. The molecule has 0 saturated carbocycles. The molecule has 3 heterocycles. The highest BCUT2D eigenvalue weighted by molar-refractivity contribution is 7.91. The maximum absolute atomic E-state index is 12.3. The van der Waals surface area contributed by atoms with Gasteiger partial charge in [-0.25, -0.2) is 13.4 Å². The lowest BCUT2D eigenvalue weighted by molar-refractivity contribution is 0.0948. The Hall–Kier alpha value is -1.53. The summed E-state index contributed by atoms with van der Waals surface area (Å²) in [6, 6.07) is 3.21. The molecule has 8 nitrogen and oxygen atoms in total. The van der Waals surface area contributed by atoms with Crippen LogP contribution in [-0.2, 0) is 14.8 Å². The molecule has 2 aromatic rings. The van der Waals surface area contributed by atoms with Crippen LogP contribution in [0.5, 0.6) is 0 Å². The van der Waals surface area contributed by atoms with Crippen LogP contribution in [0.4, 0.5) is 5.13 Å². The fraction of sp³-hybridized carbons (Fsp3) is 0.429. The molecule has 2 aromatic heterocycles. The third kappa shape index (κ3) is 4.18. The van der Waals surface area contributed by atoms with Crippen molar-refractivity contribution in [3.05, 3.63) is 27.6 Å². The van der Waals surface area contributed by atoms with Crippen molar-refractivity contribution < 1.29 is 17.9 Å². The summed E-state index contributed by atoms with van der Waals surface area (Å²) in [5.74, 6) is -0.522. The minimum absolute atomic E-state index is 0.153. The molecule has 1 aliphatic rings. The summed E-state index contributed by atoms with van der Waals surface area (Å²) in [5.41, 5.74) is 2.83. The number of hydrazine groups is 1. The van der Waals surface area contributed by atoms with Crippen molar-refractivity contribution in [1.29, 1.82) is 0 Å². The highest BCUT2D eigenvalue weighted by Gasteiger charge is 2.22. The zero-order valence-electron chi connectivity index (χ0n) is 13.7. The van der Waals surface area contributed by atoms with Gasteiger partial charge >= 0.3 is 0 Å². The second kappa shape index (κ2) is 7.38. The van der Waals surface area contributed by atoms with E-state index in [1.165, 1.54) is 17.4 Å². The van der Waals surface area contributed by atoms with Gasteiger partial charge in [0.05, 0.1) is 18.9 Å². The predicted molar refractivity (Wildman–Crippen MR) is 96.7 cm³/mol. The normalized spacial score (nSPS) is 15.4. The number of ether oxygens (including phenoxy) is 1. The molecule has 0 radical (unpaired) electrons. The third-order valence-corrected chi connectivity index (χ3v) is 7.51. The van der Waals surface area contributed by atoms with Gasteiger partial charge in [0.1, 0.15) is 9.09 Å². The lowest BCUT2D eigenvalue weighted by atomic mass is 10.4. The number of amides is 1. The van der Waals surface area contributed by atoms with Crippen LogP contribution in [-0.4, -0.2) is 45.6 Å². The molecule has 2 N–H and O–H groups in total. The van der Waals surface area contributed by atoms with Crippen molar-refractivity contribution in [2.24, 2.45) is 0 Å². The average molecular weight is 403 g/mol. The van der Waals surface area contributed by atoms with E-state index in [-0.39, 0.29) is 4.21 Å². The number of anilines is 1. The number of aromatic nitrogens is 1. The second-order valence-corrected chi connectivity index (χ2v) is 9.61. The molecule has 0 aliphatic carbocycles. The molecule has 1 saturated heterocycles. The van der Waals surface area contributed by atoms with E-state index in [1.54, 1.807) is 13.0 Å². The van der Waals surface area contributed by atoms with Gasteiger partial charge in [-0.15, -0.1) is 16.2 Å². The first-order valence-corrected chi connectivity index (χ1v) is 10.7. The number of hydrogen-bond acceptors (Lipinski definition) is 8. The Kier molecular flexibility index (Phi) is 5.39. The molecule has 0 aromatic carbocycles. The summed E-state index contributed by atoms with van der Waals surface area (Å²) in [6.45, 7) is 6.24. The van der Waals surface area contributed by atoms with Gasteiger partial charge in [-0.3, -0.25) is 10.2 Å². The summed E-state index contributed by atoms with van der Waals surface area (Å²) in [4.78, 5) is 22.2. The average Bonchev–Trinajstić information content (AvgIpc) is 3.20. The van der Waals surface area contributed by atoms with E-state index in [4.69, 9.17) is 4.74 Å². The Bertz CT molecular complexity index is 869. The van der Waals surface area contributed by atoms with Crippen LogP contribution >= 0.6 is 22.7 Å². The second-order valence-electron chi connectivity index (χ2n) is 5.44. The highest BCUT2D eigenvalue weighted by Crippen LogP contribution is 2.26. The maximum atomic E-state index is 12.3. The molecule has 0 atom stereocenters. The van der Waals surface area contributed by atoms with Crippen LogP contribution in [0.15, 0.2) is 16.3 Å². The fourth-order valence-corrected chi connectivity index (χ4v) is 5.40. The number of thiazole rings is 1. The highest BCUT2D eigenvalue weighted by atomic mass is 32.2. The van der Waals surface area contributed by atoms with Crippen LogP contribution in [0.1, 0.15) is 20.2 Å². The first-order chi connectivity index (χ1) is 11.9. The third-order valence-electron chi connectivity index (χ3n) is 3.55. The lowest BCUT2D eigenvalue weighted by Crippen LogP contribution is -2.41. The van der Waals surface area contributed by atoms with Crippen LogP contribution in [0.3, 0.4) is 0 Å². The van der Waals surface area contributed by atoms with E-state index in [1.807, 2.05) is 6.92 Å². The molecule has 1 aliphatic heterocycles. The van der Waals surface area contributed by atoms with Crippen molar-refractivity contribution in [1.82, 2.24) is 15.2 Å². The molecule has 136 valence electrons. The van der Waals surface area contributed by atoms with Gasteiger partial charge in [0.25, 0.3) is 15.9 Å². The number of aryl methyl sites for hydroxylation is 2. The zero-order valence-corrected chi connectivity index (χ0v) is 16.2. The standard InChI is InChI=1S/C14H18N4O4S3/c1-9-3-4-11(23-9)25(20,21)17-16-13(19)12-10(2)15-14(24-12)18-5-7-22-8-6-18/h3-4,17H,5-8H2,1-2H3,(H,16,19). The number of sulfonamides is 1. The van der Waals surface area contributed by atoms with Crippen LogP contribution in [0.25, 0.3) is 0 Å². The van der Waals surface area contributed by atoms with Crippen LogP contribution < -0.4 is 15.2 Å². The Balaban J connectivity index is 1.68. The Morgan fingerprint density at radius 2 is 1.96 bits per heavy atom. The van der Waals surface area contributed by atoms with Crippen molar-refractivity contribution in [3.63, 3.8) is 0 Å². The number of nitrogens with one attached hydrogen (secondary N) is 2. The molecular formula is C14H18N4O4S3. The van der Waals surface area contributed by atoms with Gasteiger partial charge in [0, 0.05) is 18.0 Å². The molecule has 0 bridgehead atoms. The number of nitrogens with zero attached hydrogens (tertiary/aromatic N) is 2. The summed E-state index contributed by atoms with van der Waals surface area (Å²) >= 11 is 2.38. The van der Waals surface area contributed by atoms with Gasteiger partial charge in [0.15, 0.2) is 5.13 Å². The van der Waals surface area contributed by atoms with E-state index >= 15 is 0 Å². The molecule has 11 heteroatoms. The molecule has 1 amide bonds. The molecule has 1 fully saturated rings. The predicted octanol–water partition coefficient (Wildman–Crippen LogP) is 1.28. The van der Waals surface area contributed by atoms with E-state index < -0.39 is 15.9 Å². The number of morpholine rings is 1. The van der Waals surface area contributed by atoms with Crippen molar-refractivity contribution >= 4 is 43.7 Å². The minimum Gasteiger partial charge on any atom is -0.378 e. The lowest BCUT2D eigenvalue weighted by Gasteiger charge is -2.25. The number of carbonyl (C=O) groups is 1. The van der Waals surface area contributed by atoms with Crippen molar-refractivity contribution in [2.75, 3.05) is 31.2 Å². The Labute approximate surface area is 153 Å². The van der Waals surface area contributed by atoms with E-state index in [0.29, 0.717) is 23.8 Å². The Morgan fingerprint density at radius 1 is 1.24 bits per heavy atom. The summed E-state index contributed by atoms with van der Waals surface area (Å²) in [5, 5.41) is 0.739. The SMILES string of the molecule is Cc1ccc(S(=O)(=O)NNC(=O)c2sc(N3CCOCC3)nc2C)s1. The fourth-order valence-electron chi connectivity index (χ4n) is 2.26. The molecule has 0 spiro atoms. The minimum atomic E-state index is -3.78. The summed E-state index contributed by atoms with van der Waals surface area (Å²) in [7, 11) is -3.78. The Morgan fingerprint density at radius 3 is 2.60 bits per heavy atom. The smallest absolute Gasteiger partial charge is 0.278 e. The quantitative estimate of drug-likeness (QED) is 0.731. The molecule has 0 unspecified atom stereocenters. The van der Waals surface area contributed by atoms with Gasteiger partial charge in [-0.1, -0.05) is 11.3 Å². The monoisotopic (exact) mass is 402 g/mol. The first-order valence-electron chi connectivity index (χ1n) is 7.55. The number of rotatable bonds is 5. The van der Waals surface area contributed by atoms with Crippen LogP contribution in [0.2, 0.25) is 0 Å². The van der Waals surface area contributed by atoms with E-state index in [2.05, 4.69) is 20.1 Å². The van der Waals surface area contributed by atoms with E-state index in [9.17, 15) is 13.2 Å². The van der Waals surface area contributed by atoms with Gasteiger partial charge in [-0.2, -0.15) is 0 Å². The van der Waals surface area contributed by atoms with Gasteiger partial charge in [-0.05, 0) is 26.0 Å². The molecular weight excluding hydrogens is 384 g/mol. The van der Waals surface area contributed by atoms with E-state index in [0.717, 1.165) is 34.4 Å². The van der Waals surface area contributed by atoms with Gasteiger partial charge < -0.3 is 9.64 Å².